The Labute approximate surface area is 99.6 Å². The van der Waals surface area contributed by atoms with E-state index < -0.39 is 0 Å². The van der Waals surface area contributed by atoms with E-state index in [0.717, 1.165) is 19.3 Å². The van der Waals surface area contributed by atoms with Crippen LogP contribution in [0.2, 0.25) is 5.02 Å². The second kappa shape index (κ2) is 3.24. The summed E-state index contributed by atoms with van der Waals surface area (Å²) in [5.41, 5.74) is 0.356. The van der Waals surface area contributed by atoms with Gasteiger partial charge in [-0.2, -0.15) is 0 Å². The molecule has 1 aromatic carbocycles. The highest BCUT2D eigenvalue weighted by atomic mass is 35.5. The number of benzene rings is 1. The molecule has 2 nitrogen and oxygen atoms in total. The number of ketones is 1. The molecule has 0 spiro atoms. The molecule has 0 amide bonds. The van der Waals surface area contributed by atoms with Gasteiger partial charge in [0, 0.05) is 5.02 Å². The average Bonchev–Trinajstić information content (AvgIpc) is 2.62. The van der Waals surface area contributed by atoms with E-state index in [2.05, 4.69) is 0 Å². The second-order valence-corrected chi connectivity index (χ2v) is 5.30. The number of halogens is 1. The van der Waals surface area contributed by atoms with Crippen LogP contribution < -0.4 is 4.74 Å². The highest BCUT2D eigenvalue weighted by Crippen LogP contribution is 2.46. The lowest BCUT2D eigenvalue weighted by Crippen LogP contribution is -2.44. The zero-order valence-corrected chi connectivity index (χ0v) is 9.88. The summed E-state index contributed by atoms with van der Waals surface area (Å²) in [6, 6.07) is 5.29. The van der Waals surface area contributed by atoms with Crippen LogP contribution in [0.1, 0.15) is 36.5 Å². The molecule has 1 aliphatic heterocycles. The zero-order chi connectivity index (χ0) is 11.3. The number of hydrogen-bond donors (Lipinski definition) is 0. The minimum atomic E-state index is -0.294. The molecule has 2 aliphatic rings. The van der Waals surface area contributed by atoms with Gasteiger partial charge < -0.3 is 4.74 Å². The van der Waals surface area contributed by atoms with Crippen LogP contribution in [0.5, 0.6) is 5.75 Å². The van der Waals surface area contributed by atoms with Crippen molar-refractivity contribution in [2.45, 2.75) is 31.8 Å². The molecule has 0 saturated heterocycles. The van der Waals surface area contributed by atoms with Gasteiger partial charge in [0.1, 0.15) is 11.4 Å². The minimum absolute atomic E-state index is 0.0125. The normalized spacial score (nSPS) is 31.9. The van der Waals surface area contributed by atoms with Gasteiger partial charge in [0.05, 0.1) is 11.5 Å². The Bertz CT molecular complexity index is 469. The van der Waals surface area contributed by atoms with Crippen molar-refractivity contribution in [2.24, 2.45) is 5.92 Å². The summed E-state index contributed by atoms with van der Waals surface area (Å²) in [6.45, 7) is 2.04. The summed E-state index contributed by atoms with van der Waals surface area (Å²) in [7, 11) is 0. The first-order valence-corrected chi connectivity index (χ1v) is 6.01. The number of hydrogen-bond acceptors (Lipinski definition) is 2. The molecule has 1 saturated carbocycles. The molecular weight excluding hydrogens is 224 g/mol. The lowest BCUT2D eigenvalue weighted by atomic mass is 9.83. The fourth-order valence-electron chi connectivity index (χ4n) is 2.89. The van der Waals surface area contributed by atoms with Crippen LogP contribution in [0.25, 0.3) is 0 Å². The Kier molecular flexibility index (Phi) is 2.05. The molecule has 1 aromatic rings. The number of carbonyl (C=O) groups is 1. The summed E-state index contributed by atoms with van der Waals surface area (Å²) in [6.07, 6.45) is 2.96. The van der Waals surface area contributed by atoms with Crippen LogP contribution in [-0.2, 0) is 0 Å². The van der Waals surface area contributed by atoms with Gasteiger partial charge in [-0.1, -0.05) is 11.6 Å². The predicted molar refractivity (Wildman–Crippen MR) is 62.2 cm³/mol. The van der Waals surface area contributed by atoms with Crippen LogP contribution in [-0.4, -0.2) is 11.4 Å². The van der Waals surface area contributed by atoms with Gasteiger partial charge in [-0.15, -0.1) is 0 Å². The molecule has 3 heteroatoms. The van der Waals surface area contributed by atoms with E-state index in [1.807, 2.05) is 6.92 Å². The van der Waals surface area contributed by atoms with Gasteiger partial charge >= 0.3 is 0 Å². The Morgan fingerprint density at radius 1 is 1.50 bits per heavy atom. The Morgan fingerprint density at radius 3 is 3.12 bits per heavy atom. The van der Waals surface area contributed by atoms with Crippen LogP contribution in [0.4, 0.5) is 0 Å². The van der Waals surface area contributed by atoms with E-state index in [1.54, 1.807) is 18.2 Å². The second-order valence-electron chi connectivity index (χ2n) is 4.86. The van der Waals surface area contributed by atoms with Gasteiger partial charge in [-0.25, -0.2) is 0 Å². The van der Waals surface area contributed by atoms with Crippen LogP contribution >= 0.6 is 11.6 Å². The zero-order valence-electron chi connectivity index (χ0n) is 9.13. The highest BCUT2D eigenvalue weighted by molar-refractivity contribution is 6.31. The third kappa shape index (κ3) is 1.29. The van der Waals surface area contributed by atoms with Gasteiger partial charge in [-0.05, 0) is 44.4 Å². The number of rotatable bonds is 0. The monoisotopic (exact) mass is 236 g/mol. The SMILES string of the molecule is CC12CCCC1C(=O)c1cc(Cl)ccc1O2. The average molecular weight is 237 g/mol. The number of ether oxygens (including phenoxy) is 1. The molecule has 16 heavy (non-hydrogen) atoms. The minimum Gasteiger partial charge on any atom is -0.486 e. The molecule has 1 aliphatic carbocycles. The quantitative estimate of drug-likeness (QED) is 0.690. The van der Waals surface area contributed by atoms with Crippen molar-refractivity contribution in [1.29, 1.82) is 0 Å². The highest BCUT2D eigenvalue weighted by Gasteiger charge is 2.49. The van der Waals surface area contributed by atoms with Crippen molar-refractivity contribution >= 4 is 17.4 Å². The van der Waals surface area contributed by atoms with E-state index in [1.165, 1.54) is 0 Å². The molecule has 3 rings (SSSR count). The summed E-state index contributed by atoms with van der Waals surface area (Å²) in [4.78, 5) is 12.3. The maximum absolute atomic E-state index is 12.3. The first-order chi connectivity index (χ1) is 7.60. The fourth-order valence-corrected chi connectivity index (χ4v) is 3.06. The Hall–Kier alpha value is -1.02. The number of carbonyl (C=O) groups excluding carboxylic acids is 1. The lowest BCUT2D eigenvalue weighted by Gasteiger charge is -2.36. The van der Waals surface area contributed by atoms with Gasteiger partial charge in [-0.3, -0.25) is 4.79 Å². The molecule has 1 heterocycles. The van der Waals surface area contributed by atoms with Crippen molar-refractivity contribution in [3.8, 4) is 5.75 Å². The van der Waals surface area contributed by atoms with Crippen molar-refractivity contribution in [3.05, 3.63) is 28.8 Å². The molecule has 1 fully saturated rings. The molecule has 0 aromatic heterocycles. The van der Waals surface area contributed by atoms with E-state index >= 15 is 0 Å². The van der Waals surface area contributed by atoms with E-state index in [4.69, 9.17) is 16.3 Å². The van der Waals surface area contributed by atoms with Gasteiger partial charge in [0.2, 0.25) is 0 Å². The van der Waals surface area contributed by atoms with E-state index in [-0.39, 0.29) is 17.3 Å². The standard InChI is InChI=1S/C13H13ClO2/c1-13-6-2-3-10(13)12(15)9-7-8(14)4-5-11(9)16-13/h4-5,7,10H,2-3,6H2,1H3. The summed E-state index contributed by atoms with van der Waals surface area (Å²) >= 11 is 5.91. The smallest absolute Gasteiger partial charge is 0.173 e. The van der Waals surface area contributed by atoms with E-state index in [9.17, 15) is 4.79 Å². The first-order valence-electron chi connectivity index (χ1n) is 5.63. The van der Waals surface area contributed by atoms with Crippen LogP contribution in [0.3, 0.4) is 0 Å². The maximum atomic E-state index is 12.3. The van der Waals surface area contributed by atoms with Crippen molar-refractivity contribution < 1.29 is 9.53 Å². The molecule has 84 valence electrons. The van der Waals surface area contributed by atoms with Crippen LogP contribution in [0, 0.1) is 5.92 Å². The number of Topliss-reactive ketones (excluding diaryl/α,β-unsaturated/α-hetero) is 1. The predicted octanol–water partition coefficient (Wildman–Crippen LogP) is 3.47. The molecule has 2 atom stereocenters. The third-order valence-electron chi connectivity index (χ3n) is 3.77. The fraction of sp³-hybridized carbons (Fsp3) is 0.462. The summed E-state index contributed by atoms with van der Waals surface area (Å²) in [5, 5.41) is 0.595. The van der Waals surface area contributed by atoms with Gasteiger partial charge in [0.25, 0.3) is 0 Å². The molecule has 0 radical (unpaired) electrons. The third-order valence-corrected chi connectivity index (χ3v) is 4.00. The Morgan fingerprint density at radius 2 is 2.31 bits per heavy atom. The first kappa shape index (κ1) is 10.2. The van der Waals surface area contributed by atoms with Gasteiger partial charge in [0.15, 0.2) is 5.78 Å². The number of fused-ring (bicyclic) bond motifs is 2. The topological polar surface area (TPSA) is 26.3 Å². The molecular formula is C13H13ClO2. The summed E-state index contributed by atoms with van der Waals surface area (Å²) < 4.78 is 5.99. The van der Waals surface area contributed by atoms with Crippen molar-refractivity contribution in [2.75, 3.05) is 0 Å². The van der Waals surface area contributed by atoms with Crippen LogP contribution in [0.15, 0.2) is 18.2 Å². The molecule has 2 unspecified atom stereocenters. The van der Waals surface area contributed by atoms with E-state index in [0.29, 0.717) is 16.3 Å². The molecule has 0 N–H and O–H groups in total. The lowest BCUT2D eigenvalue weighted by molar-refractivity contribution is 0.0301. The maximum Gasteiger partial charge on any atom is 0.173 e. The van der Waals surface area contributed by atoms with Crippen molar-refractivity contribution in [3.63, 3.8) is 0 Å². The largest absolute Gasteiger partial charge is 0.486 e. The van der Waals surface area contributed by atoms with Crippen molar-refractivity contribution in [1.82, 2.24) is 0 Å². The molecule has 0 bridgehead atoms. The Balaban J connectivity index is 2.13. The summed E-state index contributed by atoms with van der Waals surface area (Å²) in [5.74, 6) is 0.900.